The summed E-state index contributed by atoms with van der Waals surface area (Å²) in [5.41, 5.74) is 3.11. The minimum Gasteiger partial charge on any atom is -0.507 e. The van der Waals surface area contributed by atoms with Crippen LogP contribution in [0.25, 0.3) is 0 Å². The molecule has 340 valence electrons. The third-order valence-corrected chi connectivity index (χ3v) is 16.5. The smallest absolute Gasteiger partial charge is 0.306 e. The summed E-state index contributed by atoms with van der Waals surface area (Å²) in [5, 5.41) is 10.6. The molecule has 0 amide bonds. The Morgan fingerprint density at radius 1 is 0.817 bits per heavy atom. The van der Waals surface area contributed by atoms with Gasteiger partial charge in [-0.25, -0.2) is 0 Å². The van der Waals surface area contributed by atoms with E-state index in [0.717, 1.165) is 86.1 Å². The van der Waals surface area contributed by atoms with Crippen LogP contribution in [0.15, 0.2) is 34.8 Å². The number of aromatic hydroxyl groups is 1. The van der Waals surface area contributed by atoms with E-state index in [4.69, 9.17) is 9.47 Å². The Kier molecular flexibility index (Phi) is 20.4. The van der Waals surface area contributed by atoms with Crippen molar-refractivity contribution >= 4 is 12.2 Å². The van der Waals surface area contributed by atoms with Crippen molar-refractivity contribution in [2.24, 2.45) is 51.3 Å². The molecule has 0 heterocycles. The zero-order valence-corrected chi connectivity index (χ0v) is 39.8. The third kappa shape index (κ3) is 14.1. The average Bonchev–Trinajstić information content (AvgIpc) is 3.58. The third-order valence-electron chi connectivity index (χ3n) is 16.5. The number of fused-ring (bicyclic) bond motifs is 5. The molecule has 3 saturated carbocycles. The van der Waals surface area contributed by atoms with Gasteiger partial charge in [-0.05, 0) is 123 Å². The van der Waals surface area contributed by atoms with Crippen LogP contribution in [0, 0.1) is 46.3 Å². The number of aliphatic imine (C=N–C) groups is 1. The van der Waals surface area contributed by atoms with Gasteiger partial charge in [0.05, 0.1) is 6.61 Å². The molecule has 0 spiro atoms. The van der Waals surface area contributed by atoms with Crippen LogP contribution in [-0.4, -0.2) is 36.5 Å². The van der Waals surface area contributed by atoms with Crippen LogP contribution in [-0.2, 0) is 9.53 Å². The minimum atomic E-state index is -0.0683. The van der Waals surface area contributed by atoms with Gasteiger partial charge in [-0.15, -0.1) is 0 Å². The number of ether oxygens (including phenoxy) is 2. The Bertz CT molecular complexity index is 1470. The van der Waals surface area contributed by atoms with Crippen molar-refractivity contribution in [3.05, 3.63) is 35.4 Å². The van der Waals surface area contributed by atoms with Crippen molar-refractivity contribution in [1.82, 2.24) is 0 Å². The second-order valence-corrected chi connectivity index (χ2v) is 21.3. The number of phenols is 1. The van der Waals surface area contributed by atoms with E-state index in [1.54, 1.807) is 17.9 Å². The van der Waals surface area contributed by atoms with Gasteiger partial charge in [0.2, 0.25) is 0 Å². The number of hydrogen-bond acceptors (Lipinski definition) is 5. The number of rotatable bonds is 28. The molecule has 3 fully saturated rings. The second-order valence-electron chi connectivity index (χ2n) is 21.3. The van der Waals surface area contributed by atoms with Crippen LogP contribution in [0.4, 0.5) is 0 Å². The first kappa shape index (κ1) is 48.7. The van der Waals surface area contributed by atoms with Crippen LogP contribution in [0.5, 0.6) is 11.5 Å². The molecule has 4 aliphatic rings. The lowest BCUT2D eigenvalue weighted by Gasteiger charge is -2.58. The van der Waals surface area contributed by atoms with Crippen molar-refractivity contribution < 1.29 is 19.4 Å². The Morgan fingerprint density at radius 2 is 1.52 bits per heavy atom. The molecule has 0 aliphatic heterocycles. The monoisotopic (exact) mass is 830 g/mol. The van der Waals surface area contributed by atoms with Crippen LogP contribution < -0.4 is 4.74 Å². The molecule has 4 aliphatic carbocycles. The summed E-state index contributed by atoms with van der Waals surface area (Å²) in [5.74, 6) is 5.83. The predicted octanol–water partition coefficient (Wildman–Crippen LogP) is 15.8. The van der Waals surface area contributed by atoms with Gasteiger partial charge in [0.15, 0.2) is 0 Å². The van der Waals surface area contributed by atoms with Gasteiger partial charge in [-0.3, -0.25) is 9.79 Å². The van der Waals surface area contributed by atoms with Gasteiger partial charge in [-0.1, -0.05) is 156 Å². The number of phenolic OH excluding ortho intramolecular Hbond substituents is 1. The molecular formula is C55H91NO4. The molecule has 1 aromatic rings. The molecule has 1 aromatic carbocycles. The molecule has 0 radical (unpaired) electrons. The number of carbonyl (C=O) groups is 1. The van der Waals surface area contributed by atoms with E-state index in [9.17, 15) is 9.90 Å². The van der Waals surface area contributed by atoms with Crippen LogP contribution in [0.2, 0.25) is 0 Å². The first-order valence-electron chi connectivity index (χ1n) is 25.9. The largest absolute Gasteiger partial charge is 0.507 e. The fraction of sp³-hybridized carbons (Fsp3) is 0.818. The molecule has 0 saturated heterocycles. The van der Waals surface area contributed by atoms with Crippen molar-refractivity contribution in [2.75, 3.05) is 13.2 Å². The summed E-state index contributed by atoms with van der Waals surface area (Å²) in [6.45, 7) is 16.2. The summed E-state index contributed by atoms with van der Waals surface area (Å²) in [6.07, 6.45) is 39.5. The molecule has 8 atom stereocenters. The molecule has 0 aromatic heterocycles. The SMILES string of the molecule is CCCCCCCCCCCCCCCCN=Cc1ccc(OCCCCC(=O)O[C@H]2CC[C@@]3(C)C(=CC[C@H]4[C@@H]5CC[C@H]([C@H](C)CCCC(C)C)[C@@]5(C)CC[C@@H]43)C2)cc1O. The maximum Gasteiger partial charge on any atom is 0.306 e. The molecule has 1 N–H and O–H groups in total. The van der Waals surface area contributed by atoms with E-state index in [-0.39, 0.29) is 23.2 Å². The fourth-order valence-electron chi connectivity index (χ4n) is 12.8. The number of carbonyl (C=O) groups excluding carboxylic acids is 1. The van der Waals surface area contributed by atoms with Crippen molar-refractivity contribution in [3.8, 4) is 11.5 Å². The Labute approximate surface area is 369 Å². The summed E-state index contributed by atoms with van der Waals surface area (Å²) < 4.78 is 12.0. The molecule has 5 heteroatoms. The van der Waals surface area contributed by atoms with Gasteiger partial charge in [-0.2, -0.15) is 0 Å². The zero-order chi connectivity index (χ0) is 42.8. The summed E-state index contributed by atoms with van der Waals surface area (Å²) in [4.78, 5) is 17.5. The van der Waals surface area contributed by atoms with Gasteiger partial charge in [0, 0.05) is 37.2 Å². The Morgan fingerprint density at radius 3 is 2.20 bits per heavy atom. The maximum absolute atomic E-state index is 13.0. The lowest BCUT2D eigenvalue weighted by atomic mass is 9.47. The van der Waals surface area contributed by atoms with Crippen LogP contribution >= 0.6 is 0 Å². The highest BCUT2D eigenvalue weighted by atomic mass is 16.5. The minimum absolute atomic E-state index is 0.0188. The molecule has 0 bridgehead atoms. The number of hydrogen-bond donors (Lipinski definition) is 1. The zero-order valence-electron chi connectivity index (χ0n) is 39.8. The number of esters is 1. The summed E-state index contributed by atoms with van der Waals surface area (Å²) in [6, 6.07) is 5.45. The fourth-order valence-corrected chi connectivity index (χ4v) is 12.8. The number of unbranched alkanes of at least 4 members (excludes halogenated alkanes) is 14. The number of allylic oxidation sites excluding steroid dienone is 1. The van der Waals surface area contributed by atoms with Crippen molar-refractivity contribution in [3.63, 3.8) is 0 Å². The second kappa shape index (κ2) is 25.1. The molecule has 5 nitrogen and oxygen atoms in total. The van der Waals surface area contributed by atoms with Gasteiger partial charge < -0.3 is 14.6 Å². The maximum atomic E-state index is 13.0. The van der Waals surface area contributed by atoms with E-state index in [0.29, 0.717) is 24.2 Å². The van der Waals surface area contributed by atoms with E-state index < -0.39 is 0 Å². The molecule has 5 rings (SSSR count). The highest BCUT2D eigenvalue weighted by Crippen LogP contribution is 2.67. The van der Waals surface area contributed by atoms with E-state index in [1.807, 2.05) is 12.1 Å². The molecular weight excluding hydrogens is 739 g/mol. The lowest BCUT2D eigenvalue weighted by molar-refractivity contribution is -0.151. The van der Waals surface area contributed by atoms with E-state index in [2.05, 4.69) is 52.6 Å². The van der Waals surface area contributed by atoms with Gasteiger partial charge in [0.1, 0.15) is 17.6 Å². The van der Waals surface area contributed by atoms with E-state index >= 15 is 0 Å². The van der Waals surface area contributed by atoms with Gasteiger partial charge in [0.25, 0.3) is 0 Å². The van der Waals surface area contributed by atoms with Crippen molar-refractivity contribution in [2.45, 2.75) is 227 Å². The summed E-state index contributed by atoms with van der Waals surface area (Å²) in [7, 11) is 0. The van der Waals surface area contributed by atoms with E-state index in [1.165, 1.54) is 135 Å². The van der Waals surface area contributed by atoms with Crippen LogP contribution in [0.3, 0.4) is 0 Å². The average molecular weight is 830 g/mol. The predicted molar refractivity (Wildman–Crippen MR) is 253 cm³/mol. The first-order valence-corrected chi connectivity index (χ1v) is 25.9. The van der Waals surface area contributed by atoms with Crippen molar-refractivity contribution in [1.29, 1.82) is 0 Å². The highest BCUT2D eigenvalue weighted by molar-refractivity contribution is 5.83. The molecule has 60 heavy (non-hydrogen) atoms. The van der Waals surface area contributed by atoms with Crippen LogP contribution in [0.1, 0.15) is 227 Å². The molecule has 0 unspecified atom stereocenters. The highest BCUT2D eigenvalue weighted by Gasteiger charge is 2.59. The standard InChI is InChI=1S/C55H91NO4/c1-7-8-9-10-11-12-13-14-15-16-17-18-19-21-37-56-41-44-27-29-46(40-52(44)57)59-38-22-20-26-53(58)60-47-33-35-54(5)45(39-47)28-30-48-50-32-31-49(43(4)25-23-24-42(2)3)55(50,6)36-34-51(48)54/h27-29,40-43,47-51,57H,7-26,30-39H2,1-6H3/t43-,47+,48+,49-,50+,51+,54+,55-/m1/s1. The summed E-state index contributed by atoms with van der Waals surface area (Å²) >= 11 is 0. The van der Waals surface area contributed by atoms with Gasteiger partial charge >= 0.3 is 5.97 Å². The topological polar surface area (TPSA) is 68.1 Å². The normalized spacial score (nSPS) is 28.0. The number of nitrogens with zero attached hydrogens (tertiary/aromatic N) is 1. The number of benzene rings is 1. The Balaban J connectivity index is 0.917. The first-order chi connectivity index (χ1) is 29.0. The Hall–Kier alpha value is -2.30. The lowest BCUT2D eigenvalue weighted by Crippen LogP contribution is -2.51. The quantitative estimate of drug-likeness (QED) is 0.0395.